The molecule has 1 N–H and O–H groups in total. The van der Waals surface area contributed by atoms with Gasteiger partial charge in [0, 0.05) is 11.9 Å². The van der Waals surface area contributed by atoms with E-state index in [1.54, 1.807) is 17.7 Å². The summed E-state index contributed by atoms with van der Waals surface area (Å²) in [6.07, 6.45) is 11.1. The van der Waals surface area contributed by atoms with Crippen LogP contribution in [-0.4, -0.2) is 42.8 Å². The number of nitrogens with zero attached hydrogens (tertiary/aromatic N) is 1. The van der Waals surface area contributed by atoms with Gasteiger partial charge in [0.2, 0.25) is 0 Å². The fraction of sp³-hybridized carbons (Fsp3) is 0.621. The number of hydrogen-bond acceptors (Lipinski definition) is 6. The summed E-state index contributed by atoms with van der Waals surface area (Å²) < 4.78 is 18.7. The first-order valence-corrected chi connectivity index (χ1v) is 13.7. The van der Waals surface area contributed by atoms with Gasteiger partial charge in [0.15, 0.2) is 11.5 Å². The van der Waals surface area contributed by atoms with Gasteiger partial charge in [-0.1, -0.05) is 38.5 Å². The molecule has 0 bridgehead atoms. The van der Waals surface area contributed by atoms with E-state index in [4.69, 9.17) is 14.2 Å². The van der Waals surface area contributed by atoms with Crippen LogP contribution in [0.25, 0.3) is 10.9 Å². The van der Waals surface area contributed by atoms with Crippen molar-refractivity contribution < 1.29 is 23.8 Å². The van der Waals surface area contributed by atoms with Gasteiger partial charge in [-0.15, -0.1) is 0 Å². The summed E-state index contributed by atoms with van der Waals surface area (Å²) in [6.45, 7) is 1.07. The summed E-state index contributed by atoms with van der Waals surface area (Å²) in [5.41, 5.74) is -0.635. The monoisotopic (exact) mass is 510 g/mol. The van der Waals surface area contributed by atoms with Gasteiger partial charge in [0.1, 0.15) is 11.1 Å². The Morgan fingerprint density at radius 2 is 1.65 bits per heavy atom. The van der Waals surface area contributed by atoms with Crippen molar-refractivity contribution >= 4 is 22.8 Å². The molecule has 2 aliphatic carbocycles. The van der Waals surface area contributed by atoms with Crippen molar-refractivity contribution in [3.63, 3.8) is 0 Å². The number of nitrogens with one attached hydrogen (secondary N) is 1. The van der Waals surface area contributed by atoms with E-state index in [-0.39, 0.29) is 16.5 Å². The van der Waals surface area contributed by atoms with E-state index >= 15 is 0 Å². The zero-order chi connectivity index (χ0) is 26.0. The average Bonchev–Trinajstić information content (AvgIpc) is 3.27. The van der Waals surface area contributed by atoms with E-state index in [1.807, 2.05) is 12.1 Å². The topological polar surface area (TPSA) is 95.9 Å². The zero-order valence-corrected chi connectivity index (χ0v) is 22.0. The van der Waals surface area contributed by atoms with E-state index in [1.165, 1.54) is 20.0 Å². The molecule has 0 atom stereocenters. The molecule has 0 radical (unpaired) electrons. The quantitative estimate of drug-likeness (QED) is 0.472. The molecular formula is C29H38N2O6. The predicted octanol–water partition coefficient (Wildman–Crippen LogP) is 4.74. The number of hydrogen-bond donors (Lipinski definition) is 1. The van der Waals surface area contributed by atoms with Gasteiger partial charge >= 0.3 is 5.97 Å². The third-order valence-corrected chi connectivity index (χ3v) is 8.93. The molecule has 1 spiro atoms. The van der Waals surface area contributed by atoms with Crippen LogP contribution in [0.1, 0.15) is 87.4 Å². The van der Waals surface area contributed by atoms with Crippen molar-refractivity contribution in [1.29, 1.82) is 0 Å². The van der Waals surface area contributed by atoms with Crippen LogP contribution in [0.3, 0.4) is 0 Å². The fourth-order valence-corrected chi connectivity index (χ4v) is 6.76. The molecule has 8 nitrogen and oxygen atoms in total. The van der Waals surface area contributed by atoms with Crippen molar-refractivity contribution in [2.45, 2.75) is 89.1 Å². The molecule has 37 heavy (non-hydrogen) atoms. The molecule has 2 heterocycles. The molecule has 0 unspecified atom stereocenters. The molecule has 2 aromatic rings. The van der Waals surface area contributed by atoms with Crippen molar-refractivity contribution in [3.05, 3.63) is 34.1 Å². The summed E-state index contributed by atoms with van der Waals surface area (Å²) in [4.78, 5) is 40.5. The van der Waals surface area contributed by atoms with Gasteiger partial charge < -0.3 is 24.1 Å². The molecule has 0 saturated heterocycles. The van der Waals surface area contributed by atoms with E-state index in [0.29, 0.717) is 43.0 Å². The number of carbonyl (C=O) groups is 2. The second kappa shape index (κ2) is 10.4. The Balaban J connectivity index is 1.60. The fourth-order valence-electron chi connectivity index (χ4n) is 6.76. The van der Waals surface area contributed by atoms with Crippen molar-refractivity contribution in [2.75, 3.05) is 20.8 Å². The molecule has 1 aromatic heterocycles. The van der Waals surface area contributed by atoms with Crippen LogP contribution >= 0.6 is 0 Å². The Labute approximate surface area is 217 Å². The highest BCUT2D eigenvalue weighted by Crippen LogP contribution is 2.46. The van der Waals surface area contributed by atoms with Gasteiger partial charge in [-0.05, 0) is 62.1 Å². The van der Waals surface area contributed by atoms with Gasteiger partial charge in [-0.3, -0.25) is 9.59 Å². The summed E-state index contributed by atoms with van der Waals surface area (Å²) >= 11 is 0. The molecule has 2 fully saturated rings. The van der Waals surface area contributed by atoms with E-state index in [0.717, 1.165) is 56.8 Å². The SMILES string of the molecule is COC(=O)C1(NC(=O)c2cc3ccc(OC)c4c3n(c2=O)CCC2(CCCC2)CCO4)CCCCCC1. The molecule has 200 valence electrons. The highest BCUT2D eigenvalue weighted by atomic mass is 16.5. The largest absolute Gasteiger partial charge is 0.493 e. The second-order valence-electron chi connectivity index (χ2n) is 11.0. The van der Waals surface area contributed by atoms with Crippen molar-refractivity contribution in [1.82, 2.24) is 9.88 Å². The smallest absolute Gasteiger partial charge is 0.331 e. The van der Waals surface area contributed by atoms with Crippen LogP contribution in [0.5, 0.6) is 11.5 Å². The molecule has 1 amide bonds. The minimum absolute atomic E-state index is 0.0378. The zero-order valence-electron chi connectivity index (χ0n) is 22.0. The van der Waals surface area contributed by atoms with E-state index in [9.17, 15) is 14.4 Å². The first kappa shape index (κ1) is 25.6. The lowest BCUT2D eigenvalue weighted by atomic mass is 9.80. The molecular weight excluding hydrogens is 472 g/mol. The van der Waals surface area contributed by atoms with Crippen LogP contribution in [0, 0.1) is 5.41 Å². The number of benzene rings is 1. The van der Waals surface area contributed by atoms with Crippen LogP contribution in [-0.2, 0) is 16.1 Å². The van der Waals surface area contributed by atoms with Crippen LogP contribution in [0.15, 0.2) is 23.0 Å². The van der Waals surface area contributed by atoms with Gasteiger partial charge in [-0.25, -0.2) is 4.79 Å². The Morgan fingerprint density at radius 1 is 0.946 bits per heavy atom. The number of pyridine rings is 1. The van der Waals surface area contributed by atoms with Gasteiger partial charge in [0.25, 0.3) is 11.5 Å². The van der Waals surface area contributed by atoms with E-state index < -0.39 is 17.4 Å². The van der Waals surface area contributed by atoms with E-state index in [2.05, 4.69) is 5.32 Å². The first-order chi connectivity index (χ1) is 17.9. The van der Waals surface area contributed by atoms with Crippen molar-refractivity contribution in [2.24, 2.45) is 5.41 Å². The van der Waals surface area contributed by atoms with Crippen LogP contribution in [0.2, 0.25) is 0 Å². The number of aryl methyl sites for hydroxylation is 1. The van der Waals surface area contributed by atoms with Gasteiger partial charge in [0.05, 0.1) is 26.3 Å². The number of carbonyl (C=O) groups excluding carboxylic acids is 2. The number of amides is 1. The first-order valence-electron chi connectivity index (χ1n) is 13.7. The van der Waals surface area contributed by atoms with Crippen LogP contribution < -0.4 is 20.3 Å². The highest BCUT2D eigenvalue weighted by molar-refractivity contribution is 6.01. The molecule has 8 heteroatoms. The average molecular weight is 511 g/mol. The number of aromatic nitrogens is 1. The summed E-state index contributed by atoms with van der Waals surface area (Å²) in [5.74, 6) is 0.146. The Morgan fingerprint density at radius 3 is 2.32 bits per heavy atom. The third-order valence-electron chi connectivity index (χ3n) is 8.93. The Hall–Kier alpha value is -3.03. The Bertz CT molecular complexity index is 1240. The van der Waals surface area contributed by atoms with Gasteiger partial charge in [-0.2, -0.15) is 0 Å². The lowest BCUT2D eigenvalue weighted by Crippen LogP contribution is -2.55. The molecule has 1 aromatic carbocycles. The number of methoxy groups -OCH3 is 2. The van der Waals surface area contributed by atoms with Crippen molar-refractivity contribution in [3.8, 4) is 11.5 Å². The standard InChI is InChI=1S/C29H38N2O6/c1-35-22-10-9-20-19-21(25(32)30-29(27(34)36-2)13-5-3-4-6-14-29)26(33)31-17-15-28(11-7-8-12-28)16-18-37-24(22)23(20)31/h9-10,19H,3-8,11-18H2,1-2H3,(H,30,32). The maximum absolute atomic E-state index is 14.0. The number of esters is 1. The Kier molecular flexibility index (Phi) is 7.19. The summed E-state index contributed by atoms with van der Waals surface area (Å²) in [6, 6.07) is 5.30. The minimum atomic E-state index is -1.11. The number of rotatable bonds is 4. The lowest BCUT2D eigenvalue weighted by molar-refractivity contribution is -0.148. The second-order valence-corrected chi connectivity index (χ2v) is 11.0. The molecule has 1 aliphatic heterocycles. The summed E-state index contributed by atoms with van der Waals surface area (Å²) in [7, 11) is 2.94. The third kappa shape index (κ3) is 4.71. The predicted molar refractivity (Wildman–Crippen MR) is 140 cm³/mol. The van der Waals surface area contributed by atoms with Crippen LogP contribution in [0.4, 0.5) is 0 Å². The highest BCUT2D eigenvalue weighted by Gasteiger charge is 2.42. The summed E-state index contributed by atoms with van der Waals surface area (Å²) in [5, 5.41) is 3.69. The number of ether oxygens (including phenoxy) is 3. The maximum atomic E-state index is 14.0. The normalized spacial score (nSPS) is 20.7. The molecule has 2 saturated carbocycles. The molecule has 5 rings (SSSR count). The maximum Gasteiger partial charge on any atom is 0.331 e. The lowest BCUT2D eigenvalue weighted by Gasteiger charge is -2.31. The molecule has 3 aliphatic rings. The minimum Gasteiger partial charge on any atom is -0.493 e.